The Morgan fingerprint density at radius 3 is 1.37 bits per heavy atom. The van der Waals surface area contributed by atoms with Gasteiger partial charge < -0.3 is 9.32 Å². The van der Waals surface area contributed by atoms with Crippen molar-refractivity contribution in [2.45, 2.75) is 5.41 Å². The van der Waals surface area contributed by atoms with Crippen LogP contribution in [0.3, 0.4) is 0 Å². The zero-order valence-corrected chi connectivity index (χ0v) is 34.5. The Morgan fingerprint density at radius 1 is 0.302 bits per heavy atom. The third-order valence-electron chi connectivity index (χ3n) is 13.0. The molecule has 0 bridgehead atoms. The minimum atomic E-state index is -0.465. The molecule has 0 N–H and O–H groups in total. The number of hydrogen-bond donors (Lipinski definition) is 0. The Hall–Kier alpha value is -8.20. The lowest BCUT2D eigenvalue weighted by Gasteiger charge is -2.35. The molecule has 0 atom stereocenters. The van der Waals surface area contributed by atoms with E-state index < -0.39 is 5.41 Å². The smallest absolute Gasteiger partial charge is 0.133 e. The van der Waals surface area contributed by atoms with Crippen molar-refractivity contribution in [1.29, 1.82) is 0 Å². The van der Waals surface area contributed by atoms with Gasteiger partial charge in [-0.05, 0) is 139 Å². The van der Waals surface area contributed by atoms with Crippen LogP contribution >= 0.6 is 0 Å². The normalized spacial score (nSPS) is 12.8. The number of anilines is 3. The van der Waals surface area contributed by atoms with Gasteiger partial charge in [0.25, 0.3) is 0 Å². The van der Waals surface area contributed by atoms with E-state index in [9.17, 15) is 0 Å². The molecule has 0 radical (unpaired) electrons. The highest BCUT2D eigenvalue weighted by molar-refractivity contribution is 5.93. The Bertz CT molecular complexity index is 3250. The molecule has 296 valence electrons. The number of nitrogens with zero attached hydrogens (tertiary/aromatic N) is 1. The lowest BCUT2D eigenvalue weighted by Crippen LogP contribution is -2.29. The molecule has 9 aromatic carbocycles. The molecule has 0 aliphatic heterocycles. The van der Waals surface area contributed by atoms with Gasteiger partial charge in [0.1, 0.15) is 5.76 Å². The summed E-state index contributed by atoms with van der Waals surface area (Å²) in [6, 6.07) is 83.9. The lowest BCUT2D eigenvalue weighted by molar-refractivity contribution is 0.582. The molecule has 2 aliphatic rings. The summed E-state index contributed by atoms with van der Waals surface area (Å²) in [6.07, 6.45) is 6.31. The summed E-state index contributed by atoms with van der Waals surface area (Å²) in [5.41, 5.74) is 21.3. The lowest BCUT2D eigenvalue weighted by atomic mass is 9.66. The van der Waals surface area contributed by atoms with Crippen molar-refractivity contribution in [2.24, 2.45) is 0 Å². The quantitative estimate of drug-likeness (QED) is 0.160. The van der Waals surface area contributed by atoms with E-state index in [1.165, 1.54) is 66.8 Å². The van der Waals surface area contributed by atoms with E-state index in [0.29, 0.717) is 0 Å². The van der Waals surface area contributed by atoms with Crippen molar-refractivity contribution in [1.82, 2.24) is 0 Å². The molecule has 0 unspecified atom stereocenters. The van der Waals surface area contributed by atoms with Gasteiger partial charge >= 0.3 is 0 Å². The minimum Gasteiger partial charge on any atom is -0.464 e. The average Bonchev–Trinajstić information content (AvgIpc) is 3.97. The zero-order valence-electron chi connectivity index (χ0n) is 34.5. The van der Waals surface area contributed by atoms with Gasteiger partial charge in [0.2, 0.25) is 0 Å². The summed E-state index contributed by atoms with van der Waals surface area (Å²) in [5, 5.41) is 0. The standard InChI is InChI=1S/C61H41NO/c1-2-12-42(13-3-1)43-25-32-51(33-26-43)62(52-34-27-44(28-35-52)48-16-10-17-50(40-48)60-22-11-39-63-60)53-36-29-45(30-37-53)49-31-38-55-54-18-6-9-21-58(54)61(59(55)41-49)56-19-7-4-14-46(56)23-24-47-15-5-8-20-57(47)61/h1-41H. The first-order valence-corrected chi connectivity index (χ1v) is 21.6. The zero-order chi connectivity index (χ0) is 41.7. The summed E-state index contributed by atoms with van der Waals surface area (Å²) in [7, 11) is 0. The molecule has 12 rings (SSSR count). The molecule has 1 aromatic heterocycles. The van der Waals surface area contributed by atoms with Crippen molar-refractivity contribution in [2.75, 3.05) is 4.90 Å². The van der Waals surface area contributed by atoms with E-state index in [0.717, 1.165) is 39.5 Å². The maximum atomic E-state index is 5.71. The summed E-state index contributed by atoms with van der Waals surface area (Å²) in [5.74, 6) is 0.865. The summed E-state index contributed by atoms with van der Waals surface area (Å²) >= 11 is 0. The molecule has 1 spiro atoms. The second-order valence-electron chi connectivity index (χ2n) is 16.5. The minimum absolute atomic E-state index is 0.465. The monoisotopic (exact) mass is 803 g/mol. The highest BCUT2D eigenvalue weighted by atomic mass is 16.3. The first kappa shape index (κ1) is 36.6. The van der Waals surface area contributed by atoms with Crippen molar-refractivity contribution >= 4 is 29.2 Å². The van der Waals surface area contributed by atoms with Gasteiger partial charge in [-0.2, -0.15) is 0 Å². The molecule has 0 saturated carbocycles. The van der Waals surface area contributed by atoms with E-state index >= 15 is 0 Å². The number of fused-ring (bicyclic) bond motifs is 9. The highest BCUT2D eigenvalue weighted by Crippen LogP contribution is 2.59. The van der Waals surface area contributed by atoms with Gasteiger partial charge in [-0.15, -0.1) is 0 Å². The Kier molecular flexibility index (Phi) is 8.76. The summed E-state index contributed by atoms with van der Waals surface area (Å²) in [6.45, 7) is 0. The average molecular weight is 804 g/mol. The van der Waals surface area contributed by atoms with Crippen LogP contribution in [0, 0.1) is 0 Å². The van der Waals surface area contributed by atoms with Crippen molar-refractivity contribution in [3.63, 3.8) is 0 Å². The van der Waals surface area contributed by atoms with Gasteiger partial charge in [-0.25, -0.2) is 0 Å². The Morgan fingerprint density at radius 2 is 0.762 bits per heavy atom. The topological polar surface area (TPSA) is 16.4 Å². The Labute approximate surface area is 368 Å². The van der Waals surface area contributed by atoms with Crippen LogP contribution in [0.2, 0.25) is 0 Å². The van der Waals surface area contributed by atoms with Crippen LogP contribution < -0.4 is 4.90 Å². The molecular weight excluding hydrogens is 763 g/mol. The van der Waals surface area contributed by atoms with E-state index in [2.05, 4.69) is 235 Å². The SMILES string of the molecule is C1=Cc2ccccc2C2(c3ccccc31)c1ccccc1-c1ccc(-c3ccc(N(c4ccc(-c5ccccc5)cc4)c4ccc(-c5cccc(-c6ccco6)c5)cc4)cc3)cc12. The molecule has 2 nitrogen and oxygen atoms in total. The van der Waals surface area contributed by atoms with Crippen LogP contribution in [0.15, 0.2) is 241 Å². The molecule has 1 heterocycles. The first-order valence-electron chi connectivity index (χ1n) is 21.6. The third-order valence-corrected chi connectivity index (χ3v) is 13.0. The van der Waals surface area contributed by atoms with Crippen LogP contribution in [0.1, 0.15) is 33.4 Å². The highest BCUT2D eigenvalue weighted by Gasteiger charge is 2.48. The fraction of sp³-hybridized carbons (Fsp3) is 0.0164. The predicted molar refractivity (Wildman–Crippen MR) is 261 cm³/mol. The number of benzene rings is 9. The van der Waals surface area contributed by atoms with Gasteiger partial charge in [-0.3, -0.25) is 0 Å². The van der Waals surface area contributed by atoms with Gasteiger partial charge in [0.15, 0.2) is 0 Å². The molecular formula is C61H41NO. The van der Waals surface area contributed by atoms with Crippen LogP contribution in [0.25, 0.3) is 68.0 Å². The van der Waals surface area contributed by atoms with Gasteiger partial charge in [-0.1, -0.05) is 182 Å². The summed E-state index contributed by atoms with van der Waals surface area (Å²) < 4.78 is 5.71. The number of hydrogen-bond acceptors (Lipinski definition) is 2. The maximum absolute atomic E-state index is 5.71. The molecule has 0 saturated heterocycles. The van der Waals surface area contributed by atoms with Gasteiger partial charge in [0.05, 0.1) is 11.7 Å². The fourth-order valence-electron chi connectivity index (χ4n) is 10.1. The van der Waals surface area contributed by atoms with Crippen molar-refractivity contribution in [3.8, 4) is 55.8 Å². The predicted octanol–water partition coefficient (Wildman–Crippen LogP) is 16.3. The molecule has 10 aromatic rings. The number of rotatable bonds is 7. The van der Waals surface area contributed by atoms with E-state index in [4.69, 9.17) is 4.42 Å². The van der Waals surface area contributed by atoms with Gasteiger partial charge in [0, 0.05) is 22.6 Å². The van der Waals surface area contributed by atoms with Crippen molar-refractivity contribution in [3.05, 3.63) is 270 Å². The fourth-order valence-corrected chi connectivity index (χ4v) is 10.1. The Balaban J connectivity index is 0.952. The molecule has 2 heteroatoms. The third kappa shape index (κ3) is 6.10. The van der Waals surface area contributed by atoms with Crippen LogP contribution in [0.5, 0.6) is 0 Å². The molecule has 2 aliphatic carbocycles. The van der Waals surface area contributed by atoms with E-state index in [1.807, 2.05) is 12.1 Å². The summed E-state index contributed by atoms with van der Waals surface area (Å²) in [4.78, 5) is 2.35. The van der Waals surface area contributed by atoms with E-state index in [-0.39, 0.29) is 0 Å². The van der Waals surface area contributed by atoms with E-state index in [1.54, 1.807) is 6.26 Å². The molecule has 0 fully saturated rings. The largest absolute Gasteiger partial charge is 0.464 e. The van der Waals surface area contributed by atoms with Crippen LogP contribution in [-0.4, -0.2) is 0 Å². The second kappa shape index (κ2) is 15.1. The van der Waals surface area contributed by atoms with Crippen molar-refractivity contribution < 1.29 is 4.42 Å². The second-order valence-corrected chi connectivity index (χ2v) is 16.5. The molecule has 0 amide bonds. The maximum Gasteiger partial charge on any atom is 0.133 e. The molecule has 63 heavy (non-hydrogen) atoms. The number of furan rings is 1. The first-order chi connectivity index (χ1) is 31.2. The van der Waals surface area contributed by atoms with Crippen LogP contribution in [0.4, 0.5) is 17.1 Å². The van der Waals surface area contributed by atoms with Crippen LogP contribution in [-0.2, 0) is 5.41 Å².